The molecule has 1 aliphatic carbocycles. The number of hydrogen-bond donors (Lipinski definition) is 1. The Labute approximate surface area is 116 Å². The fourth-order valence-corrected chi connectivity index (χ4v) is 4.24. The summed E-state index contributed by atoms with van der Waals surface area (Å²) in [6, 6.07) is 1.04. The van der Waals surface area contributed by atoms with Crippen LogP contribution in [0, 0.1) is 11.8 Å². The third-order valence-corrected chi connectivity index (χ3v) is 5.68. The number of hydrogen-bond acceptors (Lipinski definition) is 3. The molecule has 0 aromatic heterocycles. The highest BCUT2D eigenvalue weighted by molar-refractivity contribution is 5.83. The Morgan fingerprint density at radius 2 is 1.84 bits per heavy atom. The molecule has 1 amide bonds. The fourth-order valence-electron chi connectivity index (χ4n) is 4.24. The van der Waals surface area contributed by atoms with Crippen molar-refractivity contribution in [2.45, 2.75) is 51.2 Å². The highest BCUT2D eigenvalue weighted by Gasteiger charge is 2.44. The molecular formula is C15H27N3O. The van der Waals surface area contributed by atoms with Gasteiger partial charge in [0.1, 0.15) is 0 Å². The lowest BCUT2D eigenvalue weighted by Gasteiger charge is -2.43. The first-order valence-corrected chi connectivity index (χ1v) is 7.82. The smallest absolute Gasteiger partial charge is 0.240 e. The van der Waals surface area contributed by atoms with Gasteiger partial charge >= 0.3 is 0 Å². The summed E-state index contributed by atoms with van der Waals surface area (Å²) in [5.41, 5.74) is 0. The molecule has 4 heteroatoms. The van der Waals surface area contributed by atoms with E-state index in [1.54, 1.807) is 0 Å². The zero-order valence-electron chi connectivity index (χ0n) is 12.4. The van der Waals surface area contributed by atoms with Crippen LogP contribution in [0.4, 0.5) is 0 Å². The second kappa shape index (κ2) is 5.06. The third kappa shape index (κ3) is 2.29. The van der Waals surface area contributed by atoms with Gasteiger partial charge in [-0.2, -0.15) is 0 Å². The van der Waals surface area contributed by atoms with Gasteiger partial charge in [-0.05, 0) is 52.1 Å². The van der Waals surface area contributed by atoms with Gasteiger partial charge < -0.3 is 10.2 Å². The molecule has 4 nitrogen and oxygen atoms in total. The van der Waals surface area contributed by atoms with Gasteiger partial charge in [-0.25, -0.2) is 0 Å². The van der Waals surface area contributed by atoms with Crippen molar-refractivity contribution < 1.29 is 4.79 Å². The minimum absolute atomic E-state index is 0.107. The molecule has 3 aliphatic rings. The van der Waals surface area contributed by atoms with Crippen molar-refractivity contribution in [2.24, 2.45) is 11.8 Å². The summed E-state index contributed by atoms with van der Waals surface area (Å²) >= 11 is 0. The zero-order valence-corrected chi connectivity index (χ0v) is 12.4. The van der Waals surface area contributed by atoms with Crippen molar-refractivity contribution in [1.82, 2.24) is 15.1 Å². The highest BCUT2D eigenvalue weighted by Crippen LogP contribution is 2.38. The summed E-state index contributed by atoms with van der Waals surface area (Å²) in [4.78, 5) is 17.3. The number of nitrogens with zero attached hydrogens (tertiary/aromatic N) is 2. The molecule has 1 saturated carbocycles. The topological polar surface area (TPSA) is 35.6 Å². The summed E-state index contributed by atoms with van der Waals surface area (Å²) in [6.45, 7) is 7.26. The molecular weight excluding hydrogens is 238 g/mol. The number of carbonyl (C=O) groups is 1. The van der Waals surface area contributed by atoms with Crippen LogP contribution in [0.3, 0.4) is 0 Å². The van der Waals surface area contributed by atoms with E-state index in [1.807, 2.05) is 0 Å². The Morgan fingerprint density at radius 3 is 2.53 bits per heavy atom. The molecule has 5 atom stereocenters. The predicted molar refractivity (Wildman–Crippen MR) is 75.9 cm³/mol. The standard InChI is InChI=1S/C15H27N3O/c1-10-8-18(9-11(2)17(10)3)15(19)14-13-6-4-5-12(13)7-16-14/h10-14,16H,4-9H2,1-3H3. The molecule has 3 rings (SSSR count). The molecule has 5 unspecified atom stereocenters. The first-order chi connectivity index (χ1) is 9.08. The Hall–Kier alpha value is -0.610. The number of amides is 1. The number of nitrogens with one attached hydrogen (secondary N) is 1. The molecule has 2 heterocycles. The molecule has 2 aliphatic heterocycles. The summed E-state index contributed by atoms with van der Waals surface area (Å²) in [5.74, 6) is 1.73. The monoisotopic (exact) mass is 265 g/mol. The summed E-state index contributed by atoms with van der Waals surface area (Å²) in [6.07, 6.45) is 3.88. The van der Waals surface area contributed by atoms with E-state index in [2.05, 4.69) is 36.0 Å². The van der Waals surface area contributed by atoms with E-state index in [-0.39, 0.29) is 6.04 Å². The maximum Gasteiger partial charge on any atom is 0.240 e. The van der Waals surface area contributed by atoms with Gasteiger partial charge in [-0.3, -0.25) is 9.69 Å². The van der Waals surface area contributed by atoms with Crippen molar-refractivity contribution in [3.8, 4) is 0 Å². The van der Waals surface area contributed by atoms with E-state index in [4.69, 9.17) is 0 Å². The number of rotatable bonds is 1. The summed E-state index contributed by atoms with van der Waals surface area (Å²) in [7, 11) is 2.16. The van der Waals surface area contributed by atoms with Gasteiger partial charge in [0.25, 0.3) is 0 Å². The number of carbonyl (C=O) groups excluding carboxylic acids is 1. The molecule has 19 heavy (non-hydrogen) atoms. The lowest BCUT2D eigenvalue weighted by atomic mass is 9.93. The van der Waals surface area contributed by atoms with Gasteiger partial charge in [0, 0.05) is 25.2 Å². The quantitative estimate of drug-likeness (QED) is 0.766. The van der Waals surface area contributed by atoms with Crippen LogP contribution in [0.25, 0.3) is 0 Å². The Balaban J connectivity index is 1.67. The molecule has 0 aromatic carbocycles. The Kier molecular flexibility index (Phi) is 3.56. The molecule has 2 saturated heterocycles. The number of piperazine rings is 1. The lowest BCUT2D eigenvalue weighted by molar-refractivity contribution is -0.138. The average molecular weight is 265 g/mol. The molecule has 3 fully saturated rings. The zero-order chi connectivity index (χ0) is 13.6. The number of likely N-dealkylation sites (N-methyl/N-ethyl adjacent to an activating group) is 1. The molecule has 108 valence electrons. The average Bonchev–Trinajstić information content (AvgIpc) is 2.96. The summed E-state index contributed by atoms with van der Waals surface area (Å²) < 4.78 is 0. The first-order valence-electron chi connectivity index (χ1n) is 7.82. The van der Waals surface area contributed by atoms with Crippen LogP contribution in [-0.2, 0) is 4.79 Å². The highest BCUT2D eigenvalue weighted by atomic mass is 16.2. The van der Waals surface area contributed by atoms with Crippen LogP contribution in [0.15, 0.2) is 0 Å². The van der Waals surface area contributed by atoms with E-state index in [1.165, 1.54) is 19.3 Å². The van der Waals surface area contributed by atoms with Crippen LogP contribution in [0.5, 0.6) is 0 Å². The largest absolute Gasteiger partial charge is 0.338 e. The second-order valence-electron chi connectivity index (χ2n) is 6.85. The first kappa shape index (κ1) is 13.4. The maximum absolute atomic E-state index is 12.8. The fraction of sp³-hybridized carbons (Fsp3) is 0.933. The molecule has 0 bridgehead atoms. The van der Waals surface area contributed by atoms with E-state index in [0.29, 0.717) is 23.9 Å². The van der Waals surface area contributed by atoms with Crippen molar-refractivity contribution >= 4 is 5.91 Å². The van der Waals surface area contributed by atoms with Gasteiger partial charge in [0.15, 0.2) is 0 Å². The minimum atomic E-state index is 0.107. The van der Waals surface area contributed by atoms with Crippen molar-refractivity contribution in [3.05, 3.63) is 0 Å². The van der Waals surface area contributed by atoms with Crippen molar-refractivity contribution in [2.75, 3.05) is 26.7 Å². The van der Waals surface area contributed by atoms with Crippen LogP contribution in [0.2, 0.25) is 0 Å². The van der Waals surface area contributed by atoms with Gasteiger partial charge in [-0.1, -0.05) is 6.42 Å². The SMILES string of the molecule is CC1CN(C(=O)C2NCC3CCCC32)CC(C)N1C. The van der Waals surface area contributed by atoms with E-state index in [9.17, 15) is 4.79 Å². The van der Waals surface area contributed by atoms with Crippen LogP contribution in [-0.4, -0.2) is 60.5 Å². The van der Waals surface area contributed by atoms with Crippen molar-refractivity contribution in [3.63, 3.8) is 0 Å². The Morgan fingerprint density at radius 1 is 1.16 bits per heavy atom. The molecule has 0 aromatic rings. The summed E-state index contributed by atoms with van der Waals surface area (Å²) in [5, 5.41) is 3.49. The van der Waals surface area contributed by atoms with Crippen LogP contribution in [0.1, 0.15) is 33.1 Å². The maximum atomic E-state index is 12.8. The third-order valence-electron chi connectivity index (χ3n) is 5.68. The molecule has 0 spiro atoms. The predicted octanol–water partition coefficient (Wildman–Crippen LogP) is 0.926. The Bertz CT molecular complexity index is 347. The van der Waals surface area contributed by atoms with Gasteiger partial charge in [0.2, 0.25) is 5.91 Å². The van der Waals surface area contributed by atoms with Crippen molar-refractivity contribution in [1.29, 1.82) is 0 Å². The van der Waals surface area contributed by atoms with Gasteiger partial charge in [-0.15, -0.1) is 0 Å². The lowest BCUT2D eigenvalue weighted by Crippen LogP contribution is -2.59. The van der Waals surface area contributed by atoms with E-state index >= 15 is 0 Å². The normalized spacial score (nSPS) is 43.5. The molecule has 1 N–H and O–H groups in total. The second-order valence-corrected chi connectivity index (χ2v) is 6.85. The van der Waals surface area contributed by atoms with Crippen LogP contribution < -0.4 is 5.32 Å². The minimum Gasteiger partial charge on any atom is -0.338 e. The van der Waals surface area contributed by atoms with Gasteiger partial charge in [0.05, 0.1) is 6.04 Å². The number of fused-ring (bicyclic) bond motifs is 1. The van der Waals surface area contributed by atoms with E-state index in [0.717, 1.165) is 25.6 Å². The van der Waals surface area contributed by atoms with Crippen LogP contribution >= 0.6 is 0 Å². The van der Waals surface area contributed by atoms with E-state index < -0.39 is 0 Å². The molecule has 0 radical (unpaired) electrons.